The van der Waals surface area contributed by atoms with Crippen molar-refractivity contribution in [2.45, 2.75) is 32.6 Å². The molecular weight excluding hydrogens is 195 g/mol. The first kappa shape index (κ1) is 11.7. The smallest absolute Gasteiger partial charge is 0.166 e. The normalized spacial score (nSPS) is 10.3. The third kappa shape index (κ3) is 3.35. The second-order valence-electron chi connectivity index (χ2n) is 3.54. The van der Waals surface area contributed by atoms with Crippen molar-refractivity contribution in [1.29, 1.82) is 0 Å². The van der Waals surface area contributed by atoms with Gasteiger partial charge < -0.3 is 5.11 Å². The van der Waals surface area contributed by atoms with Crippen LogP contribution >= 0.6 is 0 Å². The molecule has 1 N–H and O–H groups in total. The minimum Gasteiger partial charge on any atom is -0.507 e. The summed E-state index contributed by atoms with van der Waals surface area (Å²) >= 11 is 0. The van der Waals surface area contributed by atoms with Gasteiger partial charge in [-0.3, -0.25) is 4.79 Å². The van der Waals surface area contributed by atoms with Gasteiger partial charge in [-0.2, -0.15) is 0 Å². The summed E-state index contributed by atoms with van der Waals surface area (Å²) in [5.41, 5.74) is 0.215. The Balaban J connectivity index is 2.65. The minimum atomic E-state index is -0.530. The molecule has 0 saturated heterocycles. The first-order valence-electron chi connectivity index (χ1n) is 5.17. The number of hydrogen-bond acceptors (Lipinski definition) is 2. The van der Waals surface area contributed by atoms with E-state index in [2.05, 4.69) is 6.92 Å². The highest BCUT2D eigenvalue weighted by Crippen LogP contribution is 2.20. The first-order valence-corrected chi connectivity index (χ1v) is 5.17. The van der Waals surface area contributed by atoms with E-state index in [9.17, 15) is 14.3 Å². The lowest BCUT2D eigenvalue weighted by molar-refractivity contribution is 0.0976. The number of phenols is 1. The summed E-state index contributed by atoms with van der Waals surface area (Å²) in [4.78, 5) is 11.6. The zero-order chi connectivity index (χ0) is 11.3. The van der Waals surface area contributed by atoms with Crippen LogP contribution in [-0.2, 0) is 0 Å². The van der Waals surface area contributed by atoms with E-state index < -0.39 is 5.82 Å². The Morgan fingerprint density at radius 2 is 2.13 bits per heavy atom. The molecule has 1 rings (SSSR count). The van der Waals surface area contributed by atoms with Crippen LogP contribution in [0.1, 0.15) is 43.0 Å². The molecule has 0 heterocycles. The van der Waals surface area contributed by atoms with Crippen LogP contribution in [-0.4, -0.2) is 10.9 Å². The average molecular weight is 210 g/mol. The SMILES string of the molecule is CCCCCC(=O)c1ccc(F)cc1O. The van der Waals surface area contributed by atoms with E-state index in [4.69, 9.17) is 0 Å². The Morgan fingerprint density at radius 1 is 1.40 bits per heavy atom. The van der Waals surface area contributed by atoms with Crippen LogP contribution in [0.5, 0.6) is 5.75 Å². The van der Waals surface area contributed by atoms with Crippen molar-refractivity contribution < 1.29 is 14.3 Å². The van der Waals surface area contributed by atoms with Crippen molar-refractivity contribution in [2.24, 2.45) is 0 Å². The number of halogens is 1. The van der Waals surface area contributed by atoms with Crippen LogP contribution in [0.2, 0.25) is 0 Å². The summed E-state index contributed by atoms with van der Waals surface area (Å²) in [6.07, 6.45) is 3.26. The van der Waals surface area contributed by atoms with Gasteiger partial charge in [0.25, 0.3) is 0 Å². The second-order valence-corrected chi connectivity index (χ2v) is 3.54. The van der Waals surface area contributed by atoms with E-state index >= 15 is 0 Å². The molecule has 0 aliphatic rings. The van der Waals surface area contributed by atoms with Crippen LogP contribution < -0.4 is 0 Å². The fraction of sp³-hybridized carbons (Fsp3) is 0.417. The van der Waals surface area contributed by atoms with E-state index in [1.807, 2.05) is 0 Å². The highest BCUT2D eigenvalue weighted by molar-refractivity contribution is 5.98. The molecule has 0 radical (unpaired) electrons. The molecule has 3 heteroatoms. The van der Waals surface area contributed by atoms with E-state index in [0.29, 0.717) is 6.42 Å². The molecule has 0 aliphatic heterocycles. The predicted molar refractivity (Wildman–Crippen MR) is 56.5 cm³/mol. The van der Waals surface area contributed by atoms with Crippen LogP contribution in [0.15, 0.2) is 18.2 Å². The average Bonchev–Trinajstić information content (AvgIpc) is 2.17. The number of aromatic hydroxyl groups is 1. The molecule has 0 fully saturated rings. The topological polar surface area (TPSA) is 37.3 Å². The highest BCUT2D eigenvalue weighted by atomic mass is 19.1. The van der Waals surface area contributed by atoms with Gasteiger partial charge in [-0.15, -0.1) is 0 Å². The summed E-state index contributed by atoms with van der Waals surface area (Å²) < 4.78 is 12.6. The van der Waals surface area contributed by atoms with E-state index in [1.54, 1.807) is 0 Å². The van der Waals surface area contributed by atoms with Crippen molar-refractivity contribution >= 4 is 5.78 Å². The number of Topliss-reactive ketones (excluding diaryl/α,β-unsaturated/α-hetero) is 1. The van der Waals surface area contributed by atoms with Crippen LogP contribution in [0, 0.1) is 5.82 Å². The van der Waals surface area contributed by atoms with Gasteiger partial charge in [0, 0.05) is 12.5 Å². The number of carbonyl (C=O) groups is 1. The van der Waals surface area contributed by atoms with Crippen LogP contribution in [0.4, 0.5) is 4.39 Å². The lowest BCUT2D eigenvalue weighted by Gasteiger charge is -2.03. The minimum absolute atomic E-state index is 0.124. The van der Waals surface area contributed by atoms with Gasteiger partial charge >= 0.3 is 0 Å². The van der Waals surface area contributed by atoms with Crippen molar-refractivity contribution in [3.63, 3.8) is 0 Å². The van der Waals surface area contributed by atoms with Crippen molar-refractivity contribution in [3.8, 4) is 5.75 Å². The summed E-state index contributed by atoms with van der Waals surface area (Å²) in [5.74, 6) is -0.921. The molecule has 15 heavy (non-hydrogen) atoms. The largest absolute Gasteiger partial charge is 0.507 e. The van der Waals surface area contributed by atoms with Gasteiger partial charge in [-0.25, -0.2) is 4.39 Å². The number of carbonyl (C=O) groups excluding carboxylic acids is 1. The molecule has 0 aromatic heterocycles. The number of benzene rings is 1. The van der Waals surface area contributed by atoms with Gasteiger partial charge in [0.1, 0.15) is 11.6 Å². The summed E-state index contributed by atoms with van der Waals surface area (Å²) in [5, 5.41) is 9.36. The molecule has 0 aliphatic carbocycles. The van der Waals surface area contributed by atoms with Crippen molar-refractivity contribution in [2.75, 3.05) is 0 Å². The zero-order valence-electron chi connectivity index (χ0n) is 8.79. The Bertz CT molecular complexity index is 347. The maximum atomic E-state index is 12.6. The highest BCUT2D eigenvalue weighted by Gasteiger charge is 2.10. The van der Waals surface area contributed by atoms with Gasteiger partial charge in [0.15, 0.2) is 5.78 Å². The molecule has 1 aromatic carbocycles. The summed E-state index contributed by atoms with van der Waals surface area (Å²) in [7, 11) is 0. The van der Waals surface area contributed by atoms with E-state index in [1.165, 1.54) is 12.1 Å². The maximum Gasteiger partial charge on any atom is 0.166 e. The second kappa shape index (κ2) is 5.49. The fourth-order valence-corrected chi connectivity index (χ4v) is 1.41. The monoisotopic (exact) mass is 210 g/mol. The third-order valence-electron chi connectivity index (χ3n) is 2.27. The molecule has 82 valence electrons. The molecular formula is C12H15FO2. The Labute approximate surface area is 88.7 Å². The molecule has 0 spiro atoms. The molecule has 0 saturated carbocycles. The Morgan fingerprint density at radius 3 is 2.73 bits per heavy atom. The van der Waals surface area contributed by atoms with Gasteiger partial charge in [0.05, 0.1) is 5.56 Å². The number of unbranched alkanes of at least 4 members (excludes halogenated alkanes) is 2. The van der Waals surface area contributed by atoms with Crippen LogP contribution in [0.3, 0.4) is 0 Å². The fourth-order valence-electron chi connectivity index (χ4n) is 1.41. The molecule has 0 amide bonds. The maximum absolute atomic E-state index is 12.6. The van der Waals surface area contributed by atoms with Gasteiger partial charge in [0.2, 0.25) is 0 Å². The quantitative estimate of drug-likeness (QED) is 0.598. The summed E-state index contributed by atoms with van der Waals surface area (Å²) in [6.45, 7) is 2.06. The zero-order valence-corrected chi connectivity index (χ0v) is 8.79. The third-order valence-corrected chi connectivity index (χ3v) is 2.27. The standard InChI is InChI=1S/C12H15FO2/c1-2-3-4-5-11(14)10-7-6-9(13)8-12(10)15/h6-8,15H,2-5H2,1H3. The molecule has 1 aromatic rings. The lowest BCUT2D eigenvalue weighted by atomic mass is 10.0. The molecule has 2 nitrogen and oxygen atoms in total. The first-order chi connectivity index (χ1) is 7.15. The Kier molecular flexibility index (Phi) is 4.28. The number of ketones is 1. The van der Waals surface area contributed by atoms with Crippen molar-refractivity contribution in [1.82, 2.24) is 0 Å². The van der Waals surface area contributed by atoms with Crippen molar-refractivity contribution in [3.05, 3.63) is 29.6 Å². The lowest BCUT2D eigenvalue weighted by Crippen LogP contribution is -1.99. The Hall–Kier alpha value is -1.38. The summed E-state index contributed by atoms with van der Waals surface area (Å²) in [6, 6.07) is 3.48. The number of rotatable bonds is 5. The number of phenolic OH excluding ortho intramolecular Hbond substituents is 1. The van der Waals surface area contributed by atoms with Crippen LogP contribution in [0.25, 0.3) is 0 Å². The van der Waals surface area contributed by atoms with E-state index in [0.717, 1.165) is 25.3 Å². The molecule has 0 atom stereocenters. The number of hydrogen-bond donors (Lipinski definition) is 1. The van der Waals surface area contributed by atoms with E-state index in [-0.39, 0.29) is 17.1 Å². The molecule has 0 unspecified atom stereocenters. The van der Waals surface area contributed by atoms with Gasteiger partial charge in [-0.1, -0.05) is 19.8 Å². The predicted octanol–water partition coefficient (Wildman–Crippen LogP) is 3.29. The van der Waals surface area contributed by atoms with Gasteiger partial charge in [-0.05, 0) is 18.6 Å². The molecule has 0 bridgehead atoms.